The Labute approximate surface area is 269 Å². The number of aliphatic hydroxyl groups is 3. The number of carbonyl (C=O) groups is 2. The van der Waals surface area contributed by atoms with Crippen molar-refractivity contribution < 1.29 is 34.4 Å². The van der Waals surface area contributed by atoms with E-state index in [1.54, 1.807) is 0 Å². The van der Waals surface area contributed by atoms with E-state index in [1.165, 1.54) is 109 Å². The summed E-state index contributed by atoms with van der Waals surface area (Å²) in [5.74, 6) is -2.55. The number of carbonyl (C=O) groups excluding carboxylic acids is 2. The number of unbranched alkanes of at least 4 members (excludes halogenated alkanes) is 18. The van der Waals surface area contributed by atoms with Gasteiger partial charge in [0.25, 0.3) is 0 Å². The zero-order valence-electron chi connectivity index (χ0n) is 28.9. The van der Waals surface area contributed by atoms with Crippen LogP contribution in [0.15, 0.2) is 0 Å². The molecule has 0 bridgehead atoms. The molecule has 1 aliphatic carbocycles. The number of rotatable bonds is 27. The molecule has 0 aromatic rings. The average molecular weight is 628 g/mol. The van der Waals surface area contributed by atoms with E-state index in [2.05, 4.69) is 13.8 Å². The van der Waals surface area contributed by atoms with E-state index in [-0.39, 0.29) is 12.8 Å². The van der Waals surface area contributed by atoms with Gasteiger partial charge in [0.05, 0.1) is 31.2 Å². The summed E-state index contributed by atoms with van der Waals surface area (Å²) in [6, 6.07) is -0.684. The van der Waals surface area contributed by atoms with Gasteiger partial charge in [-0.05, 0) is 39.5 Å². The molecule has 1 aliphatic rings. The van der Waals surface area contributed by atoms with Gasteiger partial charge in [0.15, 0.2) is 0 Å². The smallest absolute Gasteiger partial charge is 0.309 e. The van der Waals surface area contributed by atoms with E-state index < -0.39 is 48.4 Å². The quantitative estimate of drug-likeness (QED) is 0.0483. The Hall–Kier alpha value is -1.22. The fourth-order valence-corrected chi connectivity index (χ4v) is 6.61. The normalized spacial score (nSPS) is 21.7. The minimum Gasteiger partial charge on any atom is -0.465 e. The van der Waals surface area contributed by atoms with Crippen molar-refractivity contribution in [2.24, 2.45) is 11.8 Å². The molecule has 6 atom stereocenters. The highest BCUT2D eigenvalue weighted by atomic mass is 16.5. The van der Waals surface area contributed by atoms with Crippen LogP contribution in [0.4, 0.5) is 0 Å². The summed E-state index contributed by atoms with van der Waals surface area (Å²) >= 11 is 0. The van der Waals surface area contributed by atoms with E-state index in [9.17, 15) is 24.9 Å². The van der Waals surface area contributed by atoms with Crippen molar-refractivity contribution in [1.29, 1.82) is 0 Å². The molecule has 1 saturated carbocycles. The van der Waals surface area contributed by atoms with Gasteiger partial charge in [-0.15, -0.1) is 0 Å². The number of ether oxygens (including phenoxy) is 2. The Bertz CT molecular complexity index is 709. The maximum Gasteiger partial charge on any atom is 0.309 e. The second-order valence-electron chi connectivity index (χ2n) is 13.2. The molecule has 0 saturated heterocycles. The van der Waals surface area contributed by atoms with Gasteiger partial charge in [-0.3, -0.25) is 9.59 Å². The molecule has 3 N–H and O–H groups in total. The lowest BCUT2D eigenvalue weighted by Gasteiger charge is -2.44. The van der Waals surface area contributed by atoms with Gasteiger partial charge in [0.1, 0.15) is 12.5 Å². The summed E-state index contributed by atoms with van der Waals surface area (Å²) in [5, 5.41) is 31.5. The monoisotopic (exact) mass is 628 g/mol. The first-order valence-corrected chi connectivity index (χ1v) is 18.4. The maximum atomic E-state index is 13.3. The number of nitrogens with zero attached hydrogens (tertiary/aromatic N) is 1. The van der Waals surface area contributed by atoms with Gasteiger partial charge in [-0.1, -0.05) is 129 Å². The first kappa shape index (κ1) is 40.8. The van der Waals surface area contributed by atoms with Crippen molar-refractivity contribution in [2.45, 2.75) is 194 Å². The summed E-state index contributed by atoms with van der Waals surface area (Å²) in [6.07, 6.45) is 20.8. The number of hydrogen-bond acceptors (Lipinski definition) is 8. The van der Waals surface area contributed by atoms with Gasteiger partial charge in [0.2, 0.25) is 0 Å². The molecule has 1 rings (SSSR count). The van der Waals surface area contributed by atoms with Gasteiger partial charge < -0.3 is 24.8 Å². The number of hydrogen-bond donors (Lipinski definition) is 3. The Kier molecular flexibility index (Phi) is 24.0. The molecule has 0 aromatic heterocycles. The van der Waals surface area contributed by atoms with Crippen LogP contribution in [0.3, 0.4) is 0 Å². The van der Waals surface area contributed by atoms with E-state index >= 15 is 0 Å². The van der Waals surface area contributed by atoms with Crippen molar-refractivity contribution in [2.75, 3.05) is 13.2 Å². The Morgan fingerprint density at radius 2 is 0.909 bits per heavy atom. The van der Waals surface area contributed by atoms with Crippen LogP contribution in [0.1, 0.15) is 169 Å². The fraction of sp³-hybridized carbons (Fsp3) is 0.944. The minimum atomic E-state index is -1.03. The largest absolute Gasteiger partial charge is 0.465 e. The van der Waals surface area contributed by atoms with Gasteiger partial charge >= 0.3 is 11.9 Å². The first-order chi connectivity index (χ1) is 21.2. The van der Waals surface area contributed by atoms with Crippen molar-refractivity contribution in [3.63, 3.8) is 0 Å². The standard InChI is InChI=1S/C36H69NO7/c1-5-7-9-11-13-15-17-19-21-23-25-43-35(41)31-27-33(37(29(3)38)30(4)39)34(40)28-32(31)36(42)44-26-24-22-20-18-16-14-12-10-8-6-2/h29-34,38-40H,5-28H2,1-4H3. The topological polar surface area (TPSA) is 117 Å². The third kappa shape index (κ3) is 17.5. The van der Waals surface area contributed by atoms with Crippen LogP contribution in [0, 0.1) is 11.8 Å². The molecule has 8 nitrogen and oxygen atoms in total. The third-order valence-electron chi connectivity index (χ3n) is 9.26. The predicted octanol–water partition coefficient (Wildman–Crippen LogP) is 7.65. The molecule has 0 radical (unpaired) electrons. The number of esters is 2. The third-order valence-corrected chi connectivity index (χ3v) is 9.26. The SMILES string of the molecule is CCCCCCCCCCCCOC(=O)C1CC(O)C(N(C(C)O)C(C)O)CC1C(=O)OCCCCCCCCCCCC. The fourth-order valence-electron chi connectivity index (χ4n) is 6.61. The van der Waals surface area contributed by atoms with Crippen LogP contribution in [0.5, 0.6) is 0 Å². The Balaban J connectivity index is 2.55. The highest BCUT2D eigenvalue weighted by Crippen LogP contribution is 2.36. The summed E-state index contributed by atoms with van der Waals surface area (Å²) in [5.41, 5.74) is 0. The minimum absolute atomic E-state index is 0.0233. The van der Waals surface area contributed by atoms with Crippen molar-refractivity contribution in [3.8, 4) is 0 Å². The highest BCUT2D eigenvalue weighted by molar-refractivity contribution is 5.82. The Morgan fingerprint density at radius 3 is 1.25 bits per heavy atom. The molecule has 260 valence electrons. The van der Waals surface area contributed by atoms with Crippen molar-refractivity contribution in [1.82, 2.24) is 4.90 Å². The lowest BCUT2D eigenvalue weighted by molar-refractivity contribution is -0.179. The van der Waals surface area contributed by atoms with Gasteiger partial charge in [-0.25, -0.2) is 4.90 Å². The van der Waals surface area contributed by atoms with Gasteiger partial charge in [0, 0.05) is 6.04 Å². The van der Waals surface area contributed by atoms with Crippen LogP contribution in [-0.2, 0) is 19.1 Å². The molecular formula is C36H69NO7. The predicted molar refractivity (Wildman–Crippen MR) is 177 cm³/mol. The molecule has 0 heterocycles. The van der Waals surface area contributed by atoms with Crippen LogP contribution < -0.4 is 0 Å². The van der Waals surface area contributed by atoms with E-state index in [0.717, 1.165) is 38.5 Å². The molecule has 6 unspecified atom stereocenters. The van der Waals surface area contributed by atoms with Crippen LogP contribution >= 0.6 is 0 Å². The molecule has 44 heavy (non-hydrogen) atoms. The maximum absolute atomic E-state index is 13.3. The van der Waals surface area contributed by atoms with Crippen molar-refractivity contribution in [3.05, 3.63) is 0 Å². The second-order valence-corrected chi connectivity index (χ2v) is 13.2. The molecular weight excluding hydrogens is 558 g/mol. The molecule has 8 heteroatoms. The summed E-state index contributed by atoms with van der Waals surface area (Å²) < 4.78 is 11.3. The number of aliphatic hydroxyl groups excluding tert-OH is 3. The molecule has 1 fully saturated rings. The van der Waals surface area contributed by atoms with Crippen LogP contribution in [-0.4, -0.2) is 70.0 Å². The zero-order chi connectivity index (χ0) is 32.6. The van der Waals surface area contributed by atoms with E-state index in [0.29, 0.717) is 13.2 Å². The summed E-state index contributed by atoms with van der Waals surface area (Å²) in [6.45, 7) is 8.10. The van der Waals surface area contributed by atoms with E-state index in [1.807, 2.05) is 0 Å². The zero-order valence-corrected chi connectivity index (χ0v) is 28.9. The Morgan fingerprint density at radius 1 is 0.591 bits per heavy atom. The van der Waals surface area contributed by atoms with Crippen LogP contribution in [0.25, 0.3) is 0 Å². The summed E-state index contributed by atoms with van der Waals surface area (Å²) in [4.78, 5) is 27.8. The molecule has 0 amide bonds. The van der Waals surface area contributed by atoms with Crippen LogP contribution in [0.2, 0.25) is 0 Å². The lowest BCUT2D eigenvalue weighted by Crippen LogP contribution is -2.57. The molecule has 0 spiro atoms. The highest BCUT2D eigenvalue weighted by Gasteiger charge is 2.48. The average Bonchev–Trinajstić information content (AvgIpc) is 2.98. The molecule has 0 aliphatic heterocycles. The lowest BCUT2D eigenvalue weighted by atomic mass is 9.74. The van der Waals surface area contributed by atoms with Crippen molar-refractivity contribution >= 4 is 11.9 Å². The summed E-state index contributed by atoms with van der Waals surface area (Å²) in [7, 11) is 0. The second kappa shape index (κ2) is 25.9. The van der Waals surface area contributed by atoms with E-state index in [4.69, 9.17) is 9.47 Å². The molecule has 0 aromatic carbocycles. The van der Waals surface area contributed by atoms with Gasteiger partial charge in [-0.2, -0.15) is 0 Å². The first-order valence-electron chi connectivity index (χ1n) is 18.4.